The van der Waals surface area contributed by atoms with Gasteiger partial charge in [0.25, 0.3) is 0 Å². The molecule has 0 bridgehead atoms. The molecule has 2 heterocycles. The number of hydrogen-bond acceptors (Lipinski definition) is 6. The molecule has 0 radical (unpaired) electrons. The molecule has 144 valence electrons. The Balaban J connectivity index is 1.49. The van der Waals surface area contributed by atoms with Gasteiger partial charge in [-0.1, -0.05) is 6.42 Å². The largest absolute Gasteiger partial charge is 0.497 e. The number of amides is 1. The zero-order chi connectivity index (χ0) is 19.0. The number of carbonyl (C=O) groups is 1. The van der Waals surface area contributed by atoms with Gasteiger partial charge >= 0.3 is 0 Å². The van der Waals surface area contributed by atoms with Crippen molar-refractivity contribution < 1.29 is 17.9 Å². The summed E-state index contributed by atoms with van der Waals surface area (Å²) in [7, 11) is -2.04. The van der Waals surface area contributed by atoms with Crippen molar-refractivity contribution in [3.05, 3.63) is 34.8 Å². The van der Waals surface area contributed by atoms with E-state index in [-0.39, 0.29) is 23.3 Å². The van der Waals surface area contributed by atoms with Crippen LogP contribution >= 0.6 is 11.3 Å². The van der Waals surface area contributed by atoms with Crippen molar-refractivity contribution in [2.75, 3.05) is 19.0 Å². The molecule has 0 atom stereocenters. The number of nitrogens with one attached hydrogen (secondary N) is 1. The maximum Gasteiger partial charge on any atom is 0.243 e. The van der Waals surface area contributed by atoms with Gasteiger partial charge in [0, 0.05) is 23.8 Å². The number of carbonyl (C=O) groups excluding carboxylic acids is 1. The minimum Gasteiger partial charge on any atom is -0.497 e. The number of methoxy groups -OCH3 is 1. The quantitative estimate of drug-likeness (QED) is 0.823. The molecule has 1 amide bonds. The van der Waals surface area contributed by atoms with Crippen molar-refractivity contribution in [2.45, 2.75) is 37.1 Å². The highest BCUT2D eigenvalue weighted by Crippen LogP contribution is 2.33. The lowest BCUT2D eigenvalue weighted by atomic mass is 9.85. The number of benzene rings is 1. The van der Waals surface area contributed by atoms with E-state index in [0.717, 1.165) is 29.8 Å². The Bertz CT molecular complexity index is 949. The van der Waals surface area contributed by atoms with Crippen LogP contribution in [0.2, 0.25) is 0 Å². The molecule has 4 rings (SSSR count). The fourth-order valence-corrected chi connectivity index (χ4v) is 5.72. The molecule has 1 aliphatic carbocycles. The molecule has 2 aromatic rings. The highest BCUT2D eigenvalue weighted by atomic mass is 32.2. The Morgan fingerprint density at radius 3 is 2.67 bits per heavy atom. The Morgan fingerprint density at radius 1 is 1.30 bits per heavy atom. The first-order chi connectivity index (χ1) is 13.0. The van der Waals surface area contributed by atoms with Crippen molar-refractivity contribution >= 4 is 32.4 Å². The Hall–Kier alpha value is -1.97. The van der Waals surface area contributed by atoms with Crippen molar-refractivity contribution in [1.82, 2.24) is 9.29 Å². The molecule has 0 spiro atoms. The van der Waals surface area contributed by atoms with Crippen LogP contribution in [0.5, 0.6) is 5.75 Å². The number of rotatable bonds is 5. The Kier molecular flexibility index (Phi) is 4.92. The van der Waals surface area contributed by atoms with Crippen LogP contribution in [0, 0.1) is 5.92 Å². The first-order valence-electron chi connectivity index (χ1n) is 8.91. The van der Waals surface area contributed by atoms with Crippen LogP contribution in [0.3, 0.4) is 0 Å². The lowest BCUT2D eigenvalue weighted by Crippen LogP contribution is -2.35. The third-order valence-corrected chi connectivity index (χ3v) is 7.96. The fraction of sp³-hybridized carbons (Fsp3) is 0.444. The maximum atomic E-state index is 12.9. The van der Waals surface area contributed by atoms with E-state index in [0.29, 0.717) is 23.8 Å². The molecule has 0 unspecified atom stereocenters. The predicted molar refractivity (Wildman–Crippen MR) is 102 cm³/mol. The Morgan fingerprint density at radius 2 is 2.04 bits per heavy atom. The number of nitrogens with zero attached hydrogens (tertiary/aromatic N) is 2. The van der Waals surface area contributed by atoms with Crippen LogP contribution in [0.4, 0.5) is 5.13 Å². The third-order valence-electron chi connectivity index (χ3n) is 5.10. The first kappa shape index (κ1) is 18.4. The average Bonchev–Trinajstić information content (AvgIpc) is 3.01. The van der Waals surface area contributed by atoms with Gasteiger partial charge in [0.2, 0.25) is 15.9 Å². The molecule has 1 aromatic carbocycles. The van der Waals surface area contributed by atoms with Gasteiger partial charge in [-0.15, -0.1) is 11.3 Å². The van der Waals surface area contributed by atoms with E-state index in [2.05, 4.69) is 10.3 Å². The molecule has 1 N–H and O–H groups in total. The van der Waals surface area contributed by atoms with Gasteiger partial charge in [0.1, 0.15) is 5.75 Å². The van der Waals surface area contributed by atoms with Crippen molar-refractivity contribution in [3.63, 3.8) is 0 Å². The summed E-state index contributed by atoms with van der Waals surface area (Å²) in [4.78, 5) is 17.7. The van der Waals surface area contributed by atoms with Crippen molar-refractivity contribution in [3.8, 4) is 5.75 Å². The van der Waals surface area contributed by atoms with Gasteiger partial charge in [-0.05, 0) is 37.1 Å². The minimum atomic E-state index is -3.58. The zero-order valence-corrected chi connectivity index (χ0v) is 16.6. The Labute approximate surface area is 162 Å². The first-order valence-corrected chi connectivity index (χ1v) is 11.2. The molecule has 1 fully saturated rings. The number of ether oxygens (including phenoxy) is 1. The van der Waals surface area contributed by atoms with Crippen molar-refractivity contribution in [2.24, 2.45) is 5.92 Å². The van der Waals surface area contributed by atoms with Crippen LogP contribution < -0.4 is 10.1 Å². The molecule has 27 heavy (non-hydrogen) atoms. The van der Waals surface area contributed by atoms with Gasteiger partial charge in [-0.25, -0.2) is 13.4 Å². The molecular weight excluding hydrogens is 386 g/mol. The standard InChI is InChI=1S/C18H21N3O4S2/c1-25-13-5-7-14(8-6-13)27(23,24)21-10-9-15-16(11-21)26-18(19-15)20-17(22)12-3-2-4-12/h5-8,12H,2-4,9-11H2,1H3,(H,19,20,22). The maximum absolute atomic E-state index is 12.9. The summed E-state index contributed by atoms with van der Waals surface area (Å²) < 4.78 is 32.4. The lowest BCUT2D eigenvalue weighted by Gasteiger charge is -2.25. The van der Waals surface area contributed by atoms with Crippen LogP contribution in [0.25, 0.3) is 0 Å². The molecule has 1 aromatic heterocycles. The van der Waals surface area contributed by atoms with E-state index in [1.54, 1.807) is 31.4 Å². The highest BCUT2D eigenvalue weighted by Gasteiger charge is 2.31. The minimum absolute atomic E-state index is 0.0232. The van der Waals surface area contributed by atoms with Crippen molar-refractivity contribution in [1.29, 1.82) is 0 Å². The van der Waals surface area contributed by atoms with E-state index < -0.39 is 10.0 Å². The van der Waals surface area contributed by atoms with E-state index in [4.69, 9.17) is 4.74 Å². The summed E-state index contributed by atoms with van der Waals surface area (Å²) in [5, 5.41) is 3.46. The highest BCUT2D eigenvalue weighted by molar-refractivity contribution is 7.89. The molecule has 0 saturated heterocycles. The summed E-state index contributed by atoms with van der Waals surface area (Å²) in [5.74, 6) is 0.733. The number of fused-ring (bicyclic) bond motifs is 1. The second kappa shape index (κ2) is 7.21. The summed E-state index contributed by atoms with van der Waals surface area (Å²) >= 11 is 1.37. The van der Waals surface area contributed by atoms with Crippen LogP contribution in [0.15, 0.2) is 29.2 Å². The predicted octanol–water partition coefficient (Wildman–Crippen LogP) is 2.64. The van der Waals surface area contributed by atoms with Gasteiger partial charge in [-0.2, -0.15) is 4.31 Å². The second-order valence-corrected chi connectivity index (χ2v) is 9.79. The number of hydrogen-bond donors (Lipinski definition) is 1. The average molecular weight is 408 g/mol. The van der Waals surface area contributed by atoms with Gasteiger partial charge < -0.3 is 10.1 Å². The van der Waals surface area contributed by atoms with Gasteiger partial charge in [-0.3, -0.25) is 4.79 Å². The van der Waals surface area contributed by atoms with Crippen LogP contribution in [-0.2, 0) is 27.8 Å². The fourth-order valence-electron chi connectivity index (χ4n) is 3.21. The number of anilines is 1. The second-order valence-electron chi connectivity index (χ2n) is 6.77. The molecule has 7 nitrogen and oxygen atoms in total. The van der Waals surface area contributed by atoms with Crippen LogP contribution in [0.1, 0.15) is 29.8 Å². The van der Waals surface area contributed by atoms with Gasteiger partial charge in [0.05, 0.1) is 24.2 Å². The third kappa shape index (κ3) is 3.59. The number of thiazole rings is 1. The van der Waals surface area contributed by atoms with E-state index in [1.807, 2.05) is 0 Å². The summed E-state index contributed by atoms with van der Waals surface area (Å²) in [6.07, 6.45) is 3.51. The molecule has 1 saturated carbocycles. The molecule has 1 aliphatic heterocycles. The lowest BCUT2D eigenvalue weighted by molar-refractivity contribution is -0.122. The van der Waals surface area contributed by atoms with E-state index >= 15 is 0 Å². The monoisotopic (exact) mass is 407 g/mol. The number of aromatic nitrogens is 1. The normalized spacial score (nSPS) is 17.8. The number of sulfonamides is 1. The SMILES string of the molecule is COc1ccc(S(=O)(=O)N2CCc3nc(NC(=O)C4CCC4)sc3C2)cc1. The summed E-state index contributed by atoms with van der Waals surface area (Å²) in [6.45, 7) is 0.655. The molecular formula is C18H21N3O4S2. The van der Waals surface area contributed by atoms with E-state index in [9.17, 15) is 13.2 Å². The molecule has 2 aliphatic rings. The topological polar surface area (TPSA) is 88.6 Å². The summed E-state index contributed by atoms with van der Waals surface area (Å²) in [5.41, 5.74) is 0.880. The van der Waals surface area contributed by atoms with Crippen LogP contribution in [-0.4, -0.2) is 37.3 Å². The molecule has 9 heteroatoms. The zero-order valence-electron chi connectivity index (χ0n) is 15.0. The smallest absolute Gasteiger partial charge is 0.243 e. The van der Waals surface area contributed by atoms with Gasteiger partial charge in [0.15, 0.2) is 5.13 Å². The summed E-state index contributed by atoms with van der Waals surface area (Å²) in [6, 6.07) is 6.40. The van der Waals surface area contributed by atoms with E-state index in [1.165, 1.54) is 15.6 Å².